The van der Waals surface area contributed by atoms with E-state index in [0.717, 1.165) is 51.2 Å². The zero-order chi connectivity index (χ0) is 50.3. The van der Waals surface area contributed by atoms with Crippen LogP contribution in [0.5, 0.6) is 6.01 Å². The number of alkyl halides is 2. The number of benzene rings is 3. The molecule has 1 unspecified atom stereocenters. The van der Waals surface area contributed by atoms with Crippen molar-refractivity contribution in [2.45, 2.75) is 128 Å². The lowest BCUT2D eigenvalue weighted by Gasteiger charge is -2.40. The molecule has 17 heteroatoms. The first-order valence-corrected chi connectivity index (χ1v) is 28.4. The van der Waals surface area contributed by atoms with Crippen LogP contribution in [0.25, 0.3) is 53.2 Å². The van der Waals surface area contributed by atoms with Crippen molar-refractivity contribution in [3.63, 3.8) is 0 Å². The molecule has 1 N–H and O–H groups in total. The fourth-order valence-electron chi connectivity index (χ4n) is 12.4. The number of thiophene rings is 1. The van der Waals surface area contributed by atoms with Crippen LogP contribution in [0, 0.1) is 22.7 Å². The van der Waals surface area contributed by atoms with E-state index < -0.39 is 37.7 Å². The summed E-state index contributed by atoms with van der Waals surface area (Å²) in [5, 5.41) is 18.9. The molecule has 4 aromatic heterocycles. The van der Waals surface area contributed by atoms with Gasteiger partial charge in [0.05, 0.1) is 63.8 Å². The molecule has 2 bridgehead atoms. The summed E-state index contributed by atoms with van der Waals surface area (Å²) in [6.45, 7) is 14.4. The molecule has 0 radical (unpaired) electrons. The molecule has 376 valence electrons. The molecule has 7 heterocycles. The van der Waals surface area contributed by atoms with Crippen LogP contribution in [0.3, 0.4) is 0 Å². The van der Waals surface area contributed by atoms with Gasteiger partial charge in [0, 0.05) is 54.0 Å². The summed E-state index contributed by atoms with van der Waals surface area (Å²) in [7, 11) is -2.33. The number of hydrogen-bond acceptors (Lipinski definition) is 10. The van der Waals surface area contributed by atoms with E-state index in [2.05, 4.69) is 64.0 Å². The van der Waals surface area contributed by atoms with Crippen LogP contribution in [0.1, 0.15) is 97.4 Å². The number of aromatic nitrogens is 5. The minimum Gasteiger partial charge on any atom is -0.465 e. The quantitative estimate of drug-likeness (QED) is 0.0881. The van der Waals surface area contributed by atoms with Crippen molar-refractivity contribution in [2.75, 3.05) is 37.8 Å². The van der Waals surface area contributed by atoms with E-state index >= 15 is 13.2 Å². The normalized spacial score (nSPS) is 22.0. The van der Waals surface area contributed by atoms with E-state index in [-0.39, 0.29) is 44.1 Å². The molecule has 1 amide bonds. The van der Waals surface area contributed by atoms with Crippen LogP contribution in [0.15, 0.2) is 67.0 Å². The standard InChI is InChI=1S/C55H60F3N7O5SSi/c1-32(2)72(33(3)4,34(5)6)23-20-39-42(56)18-15-36-24-43-41(25-60-65(43)44-14-10-11-22-69-44)46(45(36)39)48-49-40(19-21-59-48)47-50(63-26-37-16-17-38(27-63)64(37)53(66)67)61-52(62-51(47)71-49)70-31-54(29-55(54,57)58)30-68-28-35-12-8-7-9-13-35/h7-9,12-13,15,18-19,21,24-25,32-34,37-38,44H,10-11,14,16-17,22,26-31H2,1-6H3,(H,66,67)/t37-,38+,44?,54-/m1/s1. The summed E-state index contributed by atoms with van der Waals surface area (Å²) < 4.78 is 68.7. The Balaban J connectivity index is 1.09. The molecule has 4 atom stereocenters. The highest BCUT2D eigenvalue weighted by molar-refractivity contribution is 7.26. The molecule has 1 aliphatic carbocycles. The number of hydrogen-bond donors (Lipinski definition) is 1. The molecule has 4 fully saturated rings. The average Bonchev–Trinajstić information content (AvgIpc) is 3.72. The van der Waals surface area contributed by atoms with E-state index in [0.29, 0.717) is 87.4 Å². The first-order valence-electron chi connectivity index (χ1n) is 25.4. The van der Waals surface area contributed by atoms with Gasteiger partial charge in [-0.3, -0.25) is 9.88 Å². The fourth-order valence-corrected chi connectivity index (χ4v) is 18.8. The third-order valence-electron chi connectivity index (χ3n) is 16.2. The Kier molecular flexibility index (Phi) is 12.5. The van der Waals surface area contributed by atoms with Crippen molar-refractivity contribution in [1.82, 2.24) is 29.6 Å². The second-order valence-electron chi connectivity index (χ2n) is 21.3. The van der Waals surface area contributed by atoms with Gasteiger partial charge in [0.25, 0.3) is 5.92 Å². The monoisotopic (exact) mass is 1020 g/mol. The van der Waals surface area contributed by atoms with Crippen molar-refractivity contribution >= 4 is 73.3 Å². The van der Waals surface area contributed by atoms with Gasteiger partial charge in [-0.05, 0) is 77.9 Å². The molecule has 0 spiro atoms. The van der Waals surface area contributed by atoms with Crippen LogP contribution in [0.2, 0.25) is 16.6 Å². The number of fused-ring (bicyclic) bond motifs is 7. The molecule has 3 aromatic carbocycles. The van der Waals surface area contributed by atoms with Crippen molar-refractivity contribution in [3.05, 3.63) is 83.9 Å². The van der Waals surface area contributed by atoms with Crippen molar-refractivity contribution in [3.8, 4) is 28.7 Å². The van der Waals surface area contributed by atoms with E-state index in [1.807, 2.05) is 53.3 Å². The van der Waals surface area contributed by atoms with Crippen LogP contribution in [-0.2, 0) is 16.1 Å². The number of ether oxygens (including phenoxy) is 3. The van der Waals surface area contributed by atoms with Crippen molar-refractivity contribution in [2.24, 2.45) is 5.41 Å². The lowest BCUT2D eigenvalue weighted by Crippen LogP contribution is -2.55. The largest absolute Gasteiger partial charge is 0.465 e. The minimum absolute atomic E-state index is 0.0641. The Hall–Kier alpha value is -5.80. The van der Waals surface area contributed by atoms with Gasteiger partial charge in [-0.2, -0.15) is 15.1 Å². The zero-order valence-corrected chi connectivity index (χ0v) is 43.4. The smallest absolute Gasteiger partial charge is 0.407 e. The second kappa shape index (κ2) is 18.6. The highest BCUT2D eigenvalue weighted by Gasteiger charge is 2.72. The summed E-state index contributed by atoms with van der Waals surface area (Å²) in [5.41, 5.74) is 6.49. The second-order valence-corrected chi connectivity index (χ2v) is 27.9. The summed E-state index contributed by atoms with van der Waals surface area (Å²) in [5.74, 6) is 0.608. The van der Waals surface area contributed by atoms with Gasteiger partial charge in [0.15, 0.2) is 6.23 Å². The summed E-state index contributed by atoms with van der Waals surface area (Å²) in [6, 6.07) is 16.1. The maximum atomic E-state index is 16.9. The predicted molar refractivity (Wildman–Crippen MR) is 278 cm³/mol. The molecular formula is C55H60F3N7O5SSi. The first-order chi connectivity index (χ1) is 34.6. The van der Waals surface area contributed by atoms with Crippen LogP contribution < -0.4 is 9.64 Å². The number of piperazine rings is 1. The Labute approximate surface area is 421 Å². The SMILES string of the molecule is CC(C)[Si](C#Cc1c(F)ccc2cc3c(cnn3C3CCCCO3)c(-c3nccc4c3sc3nc(OC[C@]5(COCc6ccccc6)CC5(F)F)nc(N5C[C@H]6CC[C@@H](C5)N6C(=O)O)c34)c12)(C(C)C)C(C)C. The molecule has 72 heavy (non-hydrogen) atoms. The Morgan fingerprint density at radius 1 is 0.944 bits per heavy atom. The van der Waals surface area contributed by atoms with E-state index in [1.165, 1.54) is 17.4 Å². The summed E-state index contributed by atoms with van der Waals surface area (Å²) in [4.78, 5) is 31.8. The third-order valence-corrected chi connectivity index (χ3v) is 23.6. The highest BCUT2D eigenvalue weighted by Crippen LogP contribution is 2.61. The van der Waals surface area contributed by atoms with Crippen molar-refractivity contribution < 1.29 is 37.3 Å². The first kappa shape index (κ1) is 48.5. The molecular weight excluding hydrogens is 956 g/mol. The zero-order valence-electron chi connectivity index (χ0n) is 41.6. The number of halogens is 3. The van der Waals surface area contributed by atoms with Crippen molar-refractivity contribution in [1.29, 1.82) is 0 Å². The molecule has 12 nitrogen and oxygen atoms in total. The Morgan fingerprint density at radius 2 is 1.68 bits per heavy atom. The molecule has 3 saturated heterocycles. The number of pyridine rings is 1. The number of anilines is 1. The van der Waals surface area contributed by atoms with E-state index in [1.54, 1.807) is 11.1 Å². The van der Waals surface area contributed by atoms with Crippen LogP contribution in [-0.4, -0.2) is 99.8 Å². The topological polar surface area (TPSA) is 128 Å². The molecule has 7 aromatic rings. The average molecular weight is 1020 g/mol. The molecule has 1 saturated carbocycles. The summed E-state index contributed by atoms with van der Waals surface area (Å²) >= 11 is 1.38. The lowest BCUT2D eigenvalue weighted by molar-refractivity contribution is -0.0366. The Bertz CT molecular complexity index is 3260. The van der Waals surface area contributed by atoms with E-state index in [4.69, 9.17) is 34.3 Å². The fraction of sp³-hybridized carbons (Fsp3) is 0.473. The van der Waals surface area contributed by atoms with Gasteiger partial charge in [-0.1, -0.05) is 83.9 Å². The number of rotatable bonds is 13. The predicted octanol–water partition coefficient (Wildman–Crippen LogP) is 12.8. The lowest BCUT2D eigenvalue weighted by atomic mass is 9.93. The highest BCUT2D eigenvalue weighted by atomic mass is 32.1. The van der Waals surface area contributed by atoms with Gasteiger partial charge in [0.2, 0.25) is 0 Å². The van der Waals surface area contributed by atoms with Crippen LogP contribution >= 0.6 is 11.3 Å². The van der Waals surface area contributed by atoms with Gasteiger partial charge in [-0.25, -0.2) is 22.6 Å². The molecule has 4 aliphatic rings. The maximum absolute atomic E-state index is 16.9. The third kappa shape index (κ3) is 8.17. The molecule has 11 rings (SSSR count). The summed E-state index contributed by atoms with van der Waals surface area (Å²) in [6.07, 6.45) is 6.14. The number of nitrogens with zero attached hydrogens (tertiary/aromatic N) is 7. The molecule has 3 aliphatic heterocycles. The van der Waals surface area contributed by atoms with Gasteiger partial charge < -0.3 is 24.2 Å². The van der Waals surface area contributed by atoms with Gasteiger partial charge in [0.1, 0.15) is 31.1 Å². The minimum atomic E-state index is -3.01. The number of carbonyl (C=O) groups is 1. The maximum Gasteiger partial charge on any atom is 0.407 e. The Morgan fingerprint density at radius 3 is 2.35 bits per heavy atom. The van der Waals surface area contributed by atoms with Crippen LogP contribution in [0.4, 0.5) is 23.8 Å². The van der Waals surface area contributed by atoms with Gasteiger partial charge >= 0.3 is 12.1 Å². The number of carboxylic acid groups (broad SMARTS) is 1. The van der Waals surface area contributed by atoms with E-state index in [9.17, 15) is 9.90 Å². The van der Waals surface area contributed by atoms with Gasteiger partial charge in [-0.15, -0.1) is 16.9 Å². The number of amides is 1.